The lowest BCUT2D eigenvalue weighted by molar-refractivity contribution is 0.0556. The number of fused-ring (bicyclic) bond motifs is 1. The zero-order valence-electron chi connectivity index (χ0n) is 13.5. The summed E-state index contributed by atoms with van der Waals surface area (Å²) in [6.45, 7) is 2.50. The molecular weight excluding hydrogens is 329 g/mol. The van der Waals surface area contributed by atoms with Crippen LogP contribution in [-0.4, -0.2) is 28.0 Å². The fraction of sp³-hybridized carbons (Fsp3) is 0.556. The molecule has 6 heteroatoms. The summed E-state index contributed by atoms with van der Waals surface area (Å²) < 4.78 is 22.0. The average molecular weight is 350 g/mol. The van der Waals surface area contributed by atoms with Gasteiger partial charge in [-0.25, -0.2) is 4.39 Å². The Morgan fingerprint density at radius 1 is 1.12 bits per heavy atom. The Bertz CT molecular complexity index is 727. The number of aromatic nitrogens is 3. The number of benzene rings is 1. The van der Waals surface area contributed by atoms with Gasteiger partial charge in [-0.1, -0.05) is 18.0 Å². The highest BCUT2D eigenvalue weighted by Crippen LogP contribution is 2.38. The van der Waals surface area contributed by atoms with Crippen molar-refractivity contribution in [3.8, 4) is 11.4 Å². The van der Waals surface area contributed by atoms with E-state index in [1.807, 2.05) is 0 Å². The molecule has 4 nitrogen and oxygen atoms in total. The summed E-state index contributed by atoms with van der Waals surface area (Å²) in [6, 6.07) is 4.74. The van der Waals surface area contributed by atoms with Gasteiger partial charge in [0.1, 0.15) is 11.6 Å². The minimum atomic E-state index is -0.343. The highest BCUT2D eigenvalue weighted by Gasteiger charge is 2.32. The molecule has 128 valence electrons. The van der Waals surface area contributed by atoms with Gasteiger partial charge in [-0.3, -0.25) is 0 Å². The van der Waals surface area contributed by atoms with Crippen LogP contribution in [0.3, 0.4) is 0 Å². The molecule has 1 aromatic heterocycles. The minimum Gasteiger partial charge on any atom is -0.381 e. The molecule has 0 N–H and O–H groups in total. The van der Waals surface area contributed by atoms with Crippen LogP contribution >= 0.6 is 11.6 Å². The second-order valence-corrected chi connectivity index (χ2v) is 7.15. The summed E-state index contributed by atoms with van der Waals surface area (Å²) in [4.78, 5) is 0. The van der Waals surface area contributed by atoms with E-state index < -0.39 is 0 Å². The maximum Gasteiger partial charge on any atom is 0.166 e. The smallest absolute Gasteiger partial charge is 0.166 e. The molecule has 0 spiro atoms. The quantitative estimate of drug-likeness (QED) is 0.805. The van der Waals surface area contributed by atoms with Gasteiger partial charge in [0.15, 0.2) is 5.82 Å². The summed E-state index contributed by atoms with van der Waals surface area (Å²) in [7, 11) is 0. The first-order valence-corrected chi connectivity index (χ1v) is 9.08. The van der Waals surface area contributed by atoms with Crippen molar-refractivity contribution >= 4 is 11.6 Å². The van der Waals surface area contributed by atoms with E-state index in [4.69, 9.17) is 16.3 Å². The summed E-state index contributed by atoms with van der Waals surface area (Å²) in [5.74, 6) is 2.28. The molecule has 0 radical (unpaired) electrons. The second kappa shape index (κ2) is 6.81. The maximum atomic E-state index is 14.4. The molecular formula is C18H21ClFN3O. The van der Waals surface area contributed by atoms with Crippen molar-refractivity contribution < 1.29 is 9.13 Å². The van der Waals surface area contributed by atoms with E-state index in [9.17, 15) is 4.39 Å². The van der Waals surface area contributed by atoms with Gasteiger partial charge >= 0.3 is 0 Å². The topological polar surface area (TPSA) is 39.9 Å². The Kier molecular flexibility index (Phi) is 4.55. The lowest BCUT2D eigenvalue weighted by Gasteiger charge is -2.29. The van der Waals surface area contributed by atoms with Crippen LogP contribution in [0.1, 0.15) is 43.8 Å². The standard InChI is InChI=1S/C18H21ClFN3O/c19-13-4-5-15(16(20)11-13)18-22-21-17-14(3-1-2-8-23(17)18)12-6-9-24-10-7-12/h4-5,11-12,14H,1-3,6-10H2. The third kappa shape index (κ3) is 2.95. The molecule has 0 bridgehead atoms. The largest absolute Gasteiger partial charge is 0.381 e. The third-order valence-corrected chi connectivity index (χ3v) is 5.50. The highest BCUT2D eigenvalue weighted by atomic mass is 35.5. The van der Waals surface area contributed by atoms with Gasteiger partial charge in [0.25, 0.3) is 0 Å². The molecule has 1 saturated heterocycles. The Morgan fingerprint density at radius 2 is 1.96 bits per heavy atom. The number of rotatable bonds is 2. The SMILES string of the molecule is Fc1cc(Cl)ccc1-c1nnc2n1CCCCC2C1CCOCC1. The fourth-order valence-corrected chi connectivity index (χ4v) is 4.17. The normalized spacial score (nSPS) is 22.2. The summed E-state index contributed by atoms with van der Waals surface area (Å²) in [5, 5.41) is 9.22. The van der Waals surface area contributed by atoms with Crippen LogP contribution in [0.2, 0.25) is 5.02 Å². The molecule has 1 unspecified atom stereocenters. The number of hydrogen-bond acceptors (Lipinski definition) is 3. The Morgan fingerprint density at radius 3 is 2.75 bits per heavy atom. The van der Waals surface area contributed by atoms with Gasteiger partial charge in [-0.15, -0.1) is 10.2 Å². The molecule has 0 amide bonds. The first kappa shape index (κ1) is 16.0. The van der Waals surface area contributed by atoms with Crippen molar-refractivity contribution in [1.82, 2.24) is 14.8 Å². The van der Waals surface area contributed by atoms with Crippen LogP contribution < -0.4 is 0 Å². The Balaban J connectivity index is 1.73. The van der Waals surface area contributed by atoms with Crippen molar-refractivity contribution in [3.05, 3.63) is 34.9 Å². The van der Waals surface area contributed by atoms with Crippen LogP contribution in [0, 0.1) is 11.7 Å². The van der Waals surface area contributed by atoms with E-state index in [2.05, 4.69) is 14.8 Å². The zero-order valence-corrected chi connectivity index (χ0v) is 14.3. The Hall–Kier alpha value is -1.46. The molecule has 0 saturated carbocycles. The number of hydrogen-bond donors (Lipinski definition) is 0. The van der Waals surface area contributed by atoms with Crippen molar-refractivity contribution in [2.45, 2.75) is 44.6 Å². The molecule has 1 fully saturated rings. The predicted octanol–water partition coefficient (Wildman–Crippen LogP) is 4.43. The molecule has 0 aliphatic carbocycles. The van der Waals surface area contributed by atoms with Crippen molar-refractivity contribution in [2.24, 2.45) is 5.92 Å². The average Bonchev–Trinajstić information content (AvgIpc) is 2.87. The van der Waals surface area contributed by atoms with Crippen LogP contribution in [0.5, 0.6) is 0 Å². The van der Waals surface area contributed by atoms with Gasteiger partial charge in [0.2, 0.25) is 0 Å². The van der Waals surface area contributed by atoms with Gasteiger partial charge in [0.05, 0.1) is 5.56 Å². The van der Waals surface area contributed by atoms with E-state index >= 15 is 0 Å². The van der Waals surface area contributed by atoms with Gasteiger partial charge in [-0.2, -0.15) is 0 Å². The molecule has 4 rings (SSSR count). The molecule has 2 aliphatic heterocycles. The van der Waals surface area contributed by atoms with Crippen molar-refractivity contribution in [1.29, 1.82) is 0 Å². The second-order valence-electron chi connectivity index (χ2n) is 6.71. The molecule has 1 aromatic carbocycles. The molecule has 24 heavy (non-hydrogen) atoms. The monoisotopic (exact) mass is 349 g/mol. The van der Waals surface area contributed by atoms with E-state index in [0.29, 0.717) is 28.2 Å². The predicted molar refractivity (Wildman–Crippen MR) is 90.6 cm³/mol. The molecule has 1 atom stereocenters. The van der Waals surface area contributed by atoms with Gasteiger partial charge in [0, 0.05) is 30.7 Å². The van der Waals surface area contributed by atoms with Crippen molar-refractivity contribution in [2.75, 3.05) is 13.2 Å². The van der Waals surface area contributed by atoms with Crippen LogP contribution in [0.25, 0.3) is 11.4 Å². The lowest BCUT2D eigenvalue weighted by Crippen LogP contribution is -2.23. The number of halogens is 2. The first-order chi connectivity index (χ1) is 11.7. The third-order valence-electron chi connectivity index (χ3n) is 5.26. The summed E-state index contributed by atoms with van der Waals surface area (Å²) in [6.07, 6.45) is 5.52. The van der Waals surface area contributed by atoms with E-state index in [-0.39, 0.29) is 5.82 Å². The van der Waals surface area contributed by atoms with Crippen LogP contribution in [-0.2, 0) is 11.3 Å². The summed E-state index contributed by atoms with van der Waals surface area (Å²) in [5.41, 5.74) is 0.478. The van der Waals surface area contributed by atoms with E-state index in [1.165, 1.54) is 12.5 Å². The van der Waals surface area contributed by atoms with E-state index in [0.717, 1.165) is 51.3 Å². The number of nitrogens with zero attached hydrogens (tertiary/aromatic N) is 3. The lowest BCUT2D eigenvalue weighted by atomic mass is 9.82. The van der Waals surface area contributed by atoms with Gasteiger partial charge in [-0.05, 0) is 49.8 Å². The summed E-state index contributed by atoms with van der Waals surface area (Å²) >= 11 is 5.88. The van der Waals surface area contributed by atoms with Crippen LogP contribution in [0.15, 0.2) is 18.2 Å². The van der Waals surface area contributed by atoms with Crippen molar-refractivity contribution in [3.63, 3.8) is 0 Å². The van der Waals surface area contributed by atoms with Crippen LogP contribution in [0.4, 0.5) is 4.39 Å². The highest BCUT2D eigenvalue weighted by molar-refractivity contribution is 6.30. The molecule has 3 heterocycles. The molecule has 2 aromatic rings. The van der Waals surface area contributed by atoms with E-state index in [1.54, 1.807) is 12.1 Å². The molecule has 2 aliphatic rings. The zero-order chi connectivity index (χ0) is 16.5. The Labute approximate surface area is 146 Å². The van der Waals surface area contributed by atoms with Gasteiger partial charge < -0.3 is 9.30 Å². The maximum absolute atomic E-state index is 14.4. The first-order valence-electron chi connectivity index (χ1n) is 8.70. The fourth-order valence-electron chi connectivity index (χ4n) is 4.01. The number of ether oxygens (including phenoxy) is 1. The minimum absolute atomic E-state index is 0.343.